The van der Waals surface area contributed by atoms with Crippen LogP contribution in [0.3, 0.4) is 0 Å². The monoisotopic (exact) mass is 293 g/mol. The number of hydrogen-bond acceptors (Lipinski definition) is 6. The quantitative estimate of drug-likeness (QED) is 0.787. The van der Waals surface area contributed by atoms with Crippen LogP contribution in [0, 0.1) is 17.1 Å². The lowest BCUT2D eigenvalue weighted by Crippen LogP contribution is -2.03. The summed E-state index contributed by atoms with van der Waals surface area (Å²) in [6, 6.07) is 7.73. The van der Waals surface area contributed by atoms with Gasteiger partial charge in [-0.3, -0.25) is 0 Å². The molecular weight excluding hydrogens is 281 g/mol. The minimum Gasteiger partial charge on any atom is -0.481 e. The van der Waals surface area contributed by atoms with Gasteiger partial charge < -0.3 is 9.15 Å². The number of ether oxygens (including phenoxy) is 1. The third-order valence-electron chi connectivity index (χ3n) is 2.36. The Morgan fingerprint density at radius 3 is 2.65 bits per heavy atom. The van der Waals surface area contributed by atoms with Crippen LogP contribution in [-0.2, 0) is 0 Å². The Morgan fingerprint density at radius 2 is 2.00 bits per heavy atom. The van der Waals surface area contributed by atoms with E-state index in [9.17, 15) is 4.39 Å². The largest absolute Gasteiger partial charge is 0.481 e. The first-order valence-electron chi connectivity index (χ1n) is 5.90. The van der Waals surface area contributed by atoms with Crippen LogP contribution in [-0.4, -0.2) is 15.4 Å². The van der Waals surface area contributed by atoms with Gasteiger partial charge in [-0.25, -0.2) is 4.39 Å². The average Bonchev–Trinajstić information content (AvgIpc) is 2.89. The predicted molar refractivity (Wildman–Crippen MR) is 70.7 cm³/mol. The smallest absolute Gasteiger partial charge is 0.278 e. The summed E-state index contributed by atoms with van der Waals surface area (Å²) in [6.45, 7) is 3.49. The summed E-state index contributed by atoms with van der Waals surface area (Å²) < 4.78 is 23.7. The fraction of sp³-hybridized carbons (Fsp3) is 0.308. The molecular formula is C13H12FN3O2S. The van der Waals surface area contributed by atoms with E-state index >= 15 is 0 Å². The number of halogens is 1. The zero-order chi connectivity index (χ0) is 14.5. The molecule has 1 aromatic carbocycles. The summed E-state index contributed by atoms with van der Waals surface area (Å²) in [7, 11) is 0. The zero-order valence-corrected chi connectivity index (χ0v) is 11.7. The van der Waals surface area contributed by atoms with Crippen molar-refractivity contribution >= 4 is 11.8 Å². The molecule has 0 amide bonds. The summed E-state index contributed by atoms with van der Waals surface area (Å²) in [6.07, 6.45) is -0.459. The van der Waals surface area contributed by atoms with E-state index in [4.69, 9.17) is 14.4 Å². The van der Waals surface area contributed by atoms with Crippen molar-refractivity contribution in [2.75, 3.05) is 0 Å². The SMILES string of the molecule is C[C@@H](C#N)Sc1nnc([C@@H](C)Oc2ccc(F)cc2)o1. The molecule has 5 nitrogen and oxygen atoms in total. The molecule has 0 saturated carbocycles. The molecule has 0 radical (unpaired) electrons. The van der Waals surface area contributed by atoms with Crippen LogP contribution in [0.1, 0.15) is 25.8 Å². The molecule has 2 rings (SSSR count). The van der Waals surface area contributed by atoms with E-state index < -0.39 is 6.10 Å². The molecule has 0 spiro atoms. The van der Waals surface area contributed by atoms with Crippen LogP contribution in [0.2, 0.25) is 0 Å². The standard InChI is InChI=1S/C13H12FN3O2S/c1-8(7-15)20-13-17-16-12(19-13)9(2)18-11-5-3-10(14)4-6-11/h3-6,8-9H,1-2H3/t8-,9+/m0/s1. The predicted octanol–water partition coefficient (Wildman–Crippen LogP) is 3.35. The number of nitrogens with zero attached hydrogens (tertiary/aromatic N) is 3. The first kappa shape index (κ1) is 14.3. The summed E-state index contributed by atoms with van der Waals surface area (Å²) in [5.74, 6) is 0.491. The molecule has 0 bridgehead atoms. The first-order valence-corrected chi connectivity index (χ1v) is 6.78. The fourth-order valence-electron chi connectivity index (χ4n) is 1.38. The van der Waals surface area contributed by atoms with Gasteiger partial charge in [0.05, 0.1) is 11.3 Å². The molecule has 0 aliphatic carbocycles. The number of nitriles is 1. The molecule has 1 heterocycles. The molecule has 0 N–H and O–H groups in total. The second kappa shape index (κ2) is 6.39. The number of aromatic nitrogens is 2. The Balaban J connectivity index is 2.01. The van der Waals surface area contributed by atoms with E-state index in [0.29, 0.717) is 16.9 Å². The van der Waals surface area contributed by atoms with E-state index in [-0.39, 0.29) is 11.1 Å². The van der Waals surface area contributed by atoms with Crippen LogP contribution in [0.25, 0.3) is 0 Å². The van der Waals surface area contributed by atoms with Crippen molar-refractivity contribution in [1.29, 1.82) is 5.26 Å². The zero-order valence-electron chi connectivity index (χ0n) is 10.9. The number of thioether (sulfide) groups is 1. The maximum Gasteiger partial charge on any atom is 0.278 e. The van der Waals surface area contributed by atoms with Gasteiger partial charge in [-0.2, -0.15) is 5.26 Å². The normalized spacial score (nSPS) is 13.5. The van der Waals surface area contributed by atoms with Crippen molar-refractivity contribution in [2.24, 2.45) is 0 Å². The van der Waals surface area contributed by atoms with Crippen LogP contribution < -0.4 is 4.74 Å². The summed E-state index contributed by atoms with van der Waals surface area (Å²) in [4.78, 5) is 0. The Kier molecular flexibility index (Phi) is 4.58. The van der Waals surface area contributed by atoms with Gasteiger partial charge in [0.1, 0.15) is 11.6 Å². The highest BCUT2D eigenvalue weighted by atomic mass is 32.2. The lowest BCUT2D eigenvalue weighted by molar-refractivity contribution is 0.181. The summed E-state index contributed by atoms with van der Waals surface area (Å²) >= 11 is 1.18. The number of hydrogen-bond donors (Lipinski definition) is 0. The van der Waals surface area contributed by atoms with Crippen LogP contribution in [0.4, 0.5) is 4.39 Å². The minimum atomic E-state index is -0.459. The molecule has 0 unspecified atom stereocenters. The summed E-state index contributed by atoms with van der Waals surface area (Å²) in [5.41, 5.74) is 0. The maximum absolute atomic E-state index is 12.8. The highest BCUT2D eigenvalue weighted by Gasteiger charge is 2.17. The van der Waals surface area contributed by atoms with E-state index in [2.05, 4.69) is 16.3 Å². The summed E-state index contributed by atoms with van der Waals surface area (Å²) in [5, 5.41) is 16.5. The number of rotatable bonds is 5. The Bertz CT molecular complexity index is 609. The van der Waals surface area contributed by atoms with Gasteiger partial charge in [0.15, 0.2) is 6.10 Å². The van der Waals surface area contributed by atoms with Crippen LogP contribution >= 0.6 is 11.8 Å². The highest BCUT2D eigenvalue weighted by Crippen LogP contribution is 2.25. The van der Waals surface area contributed by atoms with E-state index in [1.54, 1.807) is 13.8 Å². The van der Waals surface area contributed by atoms with Gasteiger partial charge >= 0.3 is 0 Å². The van der Waals surface area contributed by atoms with Crippen molar-refractivity contribution in [3.05, 3.63) is 36.0 Å². The molecule has 0 aliphatic heterocycles. The molecule has 7 heteroatoms. The lowest BCUT2D eigenvalue weighted by Gasteiger charge is -2.10. The van der Waals surface area contributed by atoms with Gasteiger partial charge in [-0.15, -0.1) is 10.2 Å². The molecule has 0 aliphatic rings. The Hall–Kier alpha value is -2.07. The topological polar surface area (TPSA) is 71.9 Å². The van der Waals surface area contributed by atoms with Gasteiger partial charge in [0.2, 0.25) is 0 Å². The number of benzene rings is 1. The third kappa shape index (κ3) is 3.71. The molecule has 20 heavy (non-hydrogen) atoms. The van der Waals surface area contributed by atoms with Crippen molar-refractivity contribution in [3.63, 3.8) is 0 Å². The van der Waals surface area contributed by atoms with E-state index in [1.807, 2.05) is 0 Å². The van der Waals surface area contributed by atoms with Crippen LogP contribution in [0.5, 0.6) is 5.75 Å². The van der Waals surface area contributed by atoms with Crippen molar-refractivity contribution in [3.8, 4) is 11.8 Å². The molecule has 2 atom stereocenters. The second-order valence-corrected chi connectivity index (χ2v) is 5.30. The molecule has 0 fully saturated rings. The molecule has 2 aromatic rings. The van der Waals surface area contributed by atoms with Crippen molar-refractivity contribution in [1.82, 2.24) is 10.2 Å². The van der Waals surface area contributed by atoms with E-state index in [1.165, 1.54) is 36.0 Å². The van der Waals surface area contributed by atoms with Crippen LogP contribution in [0.15, 0.2) is 33.9 Å². The minimum absolute atomic E-state index is 0.267. The second-order valence-electron chi connectivity index (χ2n) is 4.01. The maximum atomic E-state index is 12.8. The van der Waals surface area contributed by atoms with Gasteiger partial charge in [0.25, 0.3) is 11.1 Å². The Labute approximate surface area is 119 Å². The lowest BCUT2D eigenvalue weighted by atomic mass is 10.3. The van der Waals surface area contributed by atoms with Gasteiger partial charge in [-0.05, 0) is 49.9 Å². The third-order valence-corrected chi connectivity index (χ3v) is 3.18. The Morgan fingerprint density at radius 1 is 1.30 bits per heavy atom. The van der Waals surface area contributed by atoms with Gasteiger partial charge in [-0.1, -0.05) is 0 Å². The average molecular weight is 293 g/mol. The van der Waals surface area contributed by atoms with E-state index in [0.717, 1.165) is 0 Å². The highest BCUT2D eigenvalue weighted by molar-refractivity contribution is 7.99. The fourth-order valence-corrected chi connectivity index (χ4v) is 1.95. The molecule has 1 aromatic heterocycles. The van der Waals surface area contributed by atoms with Gasteiger partial charge in [0, 0.05) is 0 Å². The molecule has 0 saturated heterocycles. The van der Waals surface area contributed by atoms with Crippen molar-refractivity contribution in [2.45, 2.75) is 30.4 Å². The molecule has 104 valence electrons. The van der Waals surface area contributed by atoms with Crippen molar-refractivity contribution < 1.29 is 13.5 Å². The first-order chi connectivity index (χ1) is 9.58.